The predicted molar refractivity (Wildman–Crippen MR) is 133 cm³/mol. The van der Waals surface area contributed by atoms with E-state index in [-0.39, 0.29) is 18.0 Å². The molecule has 2 aromatic carbocycles. The van der Waals surface area contributed by atoms with E-state index in [9.17, 15) is 9.59 Å². The molecule has 4 aromatic rings. The quantitative estimate of drug-likeness (QED) is 0.440. The van der Waals surface area contributed by atoms with Crippen LogP contribution in [0, 0.1) is 20.8 Å². The number of benzene rings is 2. The number of aromatic nitrogens is 4. The maximum atomic E-state index is 13.3. The van der Waals surface area contributed by atoms with Crippen LogP contribution >= 0.6 is 0 Å². The summed E-state index contributed by atoms with van der Waals surface area (Å²) in [6.45, 7) is 7.66. The Morgan fingerprint density at radius 3 is 2.34 bits per heavy atom. The van der Waals surface area contributed by atoms with Crippen molar-refractivity contribution >= 4 is 16.8 Å². The van der Waals surface area contributed by atoms with Crippen LogP contribution < -0.4 is 20.3 Å². The van der Waals surface area contributed by atoms with Crippen molar-refractivity contribution in [3.05, 3.63) is 75.3 Å². The van der Waals surface area contributed by atoms with Crippen LogP contribution in [-0.4, -0.2) is 39.7 Å². The van der Waals surface area contributed by atoms with Gasteiger partial charge in [0.05, 0.1) is 36.7 Å². The smallest absolute Gasteiger partial charge is 0.295 e. The number of carbonyl (C=O) groups excluding carboxylic acids is 1. The minimum Gasteiger partial charge on any atom is -0.493 e. The first-order valence-electron chi connectivity index (χ1n) is 11.3. The highest BCUT2D eigenvalue weighted by Gasteiger charge is 2.23. The van der Waals surface area contributed by atoms with E-state index >= 15 is 0 Å². The molecule has 0 aliphatic heterocycles. The van der Waals surface area contributed by atoms with Gasteiger partial charge in [0.25, 0.3) is 5.56 Å². The van der Waals surface area contributed by atoms with Gasteiger partial charge in [-0.2, -0.15) is 10.2 Å². The number of nitrogens with one attached hydrogen (secondary N) is 1. The maximum absolute atomic E-state index is 13.3. The zero-order valence-corrected chi connectivity index (χ0v) is 20.7. The van der Waals surface area contributed by atoms with Crippen LogP contribution in [0.25, 0.3) is 16.6 Å². The van der Waals surface area contributed by atoms with Gasteiger partial charge in [-0.3, -0.25) is 9.59 Å². The second-order valence-corrected chi connectivity index (χ2v) is 8.47. The Balaban J connectivity index is 1.61. The number of rotatable bonds is 7. The number of hydrogen-bond acceptors (Lipinski definition) is 6. The molecule has 1 atom stereocenters. The molecule has 0 saturated heterocycles. The van der Waals surface area contributed by atoms with E-state index in [0.717, 1.165) is 22.5 Å². The summed E-state index contributed by atoms with van der Waals surface area (Å²) in [5.74, 6) is 0.851. The van der Waals surface area contributed by atoms with Gasteiger partial charge in [-0.1, -0.05) is 23.8 Å². The van der Waals surface area contributed by atoms with Gasteiger partial charge in [-0.05, 0) is 57.5 Å². The second-order valence-electron chi connectivity index (χ2n) is 8.47. The van der Waals surface area contributed by atoms with E-state index in [1.54, 1.807) is 38.0 Å². The van der Waals surface area contributed by atoms with Crippen molar-refractivity contribution in [3.8, 4) is 17.2 Å². The molecule has 4 rings (SSSR count). The summed E-state index contributed by atoms with van der Waals surface area (Å²) >= 11 is 0. The van der Waals surface area contributed by atoms with Gasteiger partial charge < -0.3 is 14.8 Å². The lowest BCUT2D eigenvalue weighted by Crippen LogP contribution is -2.37. The Hall–Kier alpha value is -4.14. The van der Waals surface area contributed by atoms with E-state index in [1.807, 2.05) is 51.1 Å². The fourth-order valence-electron chi connectivity index (χ4n) is 4.09. The highest BCUT2D eigenvalue weighted by Crippen LogP contribution is 2.27. The summed E-state index contributed by atoms with van der Waals surface area (Å²) in [5, 5.41) is 12.6. The number of amides is 1. The molecular formula is C26H29N5O4. The van der Waals surface area contributed by atoms with E-state index in [2.05, 4.69) is 15.5 Å². The molecule has 0 aliphatic carbocycles. The van der Waals surface area contributed by atoms with Crippen LogP contribution in [-0.2, 0) is 11.3 Å². The summed E-state index contributed by atoms with van der Waals surface area (Å²) in [6.07, 6.45) is 0. The number of nitrogens with zero attached hydrogens (tertiary/aromatic N) is 4. The average Bonchev–Trinajstić information content (AvgIpc) is 3.22. The zero-order chi connectivity index (χ0) is 25.3. The van der Waals surface area contributed by atoms with Crippen molar-refractivity contribution in [2.24, 2.45) is 0 Å². The van der Waals surface area contributed by atoms with Gasteiger partial charge in [-0.15, -0.1) is 0 Å². The number of fused-ring (bicyclic) bond motifs is 1. The summed E-state index contributed by atoms with van der Waals surface area (Å²) in [4.78, 5) is 26.2. The Morgan fingerprint density at radius 2 is 1.69 bits per heavy atom. The van der Waals surface area contributed by atoms with Crippen molar-refractivity contribution in [1.82, 2.24) is 24.9 Å². The minimum absolute atomic E-state index is 0.265. The zero-order valence-electron chi connectivity index (χ0n) is 20.7. The molecule has 0 saturated carbocycles. The van der Waals surface area contributed by atoms with Crippen molar-refractivity contribution in [2.75, 3.05) is 14.2 Å². The molecule has 0 bridgehead atoms. The van der Waals surface area contributed by atoms with Crippen LogP contribution in [0.3, 0.4) is 0 Å². The molecule has 9 nitrogen and oxygen atoms in total. The summed E-state index contributed by atoms with van der Waals surface area (Å²) in [5.41, 5.74) is 4.16. The third-order valence-corrected chi connectivity index (χ3v) is 6.09. The normalized spacial score (nSPS) is 11.9. The Labute approximate surface area is 203 Å². The third-order valence-electron chi connectivity index (χ3n) is 6.09. The lowest BCUT2D eigenvalue weighted by molar-refractivity contribution is -0.124. The number of ether oxygens (including phenoxy) is 2. The number of methoxy groups -OCH3 is 2. The van der Waals surface area contributed by atoms with Crippen LogP contribution in [0.2, 0.25) is 0 Å². The first-order valence-corrected chi connectivity index (χ1v) is 11.3. The van der Waals surface area contributed by atoms with Gasteiger partial charge >= 0.3 is 0 Å². The fourth-order valence-corrected chi connectivity index (χ4v) is 4.09. The van der Waals surface area contributed by atoms with Gasteiger partial charge in [0.1, 0.15) is 6.04 Å². The van der Waals surface area contributed by atoms with E-state index in [1.165, 1.54) is 4.68 Å². The molecule has 2 aromatic heterocycles. The third kappa shape index (κ3) is 4.49. The molecule has 2 heterocycles. The molecule has 1 N–H and O–H groups in total. The first-order chi connectivity index (χ1) is 16.7. The molecule has 0 aliphatic rings. The monoisotopic (exact) mass is 475 g/mol. The average molecular weight is 476 g/mol. The summed E-state index contributed by atoms with van der Waals surface area (Å²) in [6, 6.07) is 12.5. The Morgan fingerprint density at radius 1 is 1.00 bits per heavy atom. The SMILES string of the molecule is COc1ccc(CNC(=O)[C@H](C)n2nc(C)c3c(C)n(-c4ccc(C)cc4)nc3c2=O)cc1OC. The Bertz CT molecular complexity index is 1450. The maximum Gasteiger partial charge on any atom is 0.295 e. The van der Waals surface area contributed by atoms with Gasteiger partial charge in [0.15, 0.2) is 17.0 Å². The van der Waals surface area contributed by atoms with Crippen LogP contribution in [0.5, 0.6) is 11.5 Å². The van der Waals surface area contributed by atoms with Crippen molar-refractivity contribution in [2.45, 2.75) is 40.3 Å². The highest BCUT2D eigenvalue weighted by molar-refractivity contribution is 5.84. The van der Waals surface area contributed by atoms with E-state index in [4.69, 9.17) is 9.47 Å². The molecule has 0 unspecified atom stereocenters. The van der Waals surface area contributed by atoms with Gasteiger partial charge in [0, 0.05) is 6.54 Å². The Kier molecular flexibility index (Phi) is 6.59. The molecule has 0 radical (unpaired) electrons. The summed E-state index contributed by atoms with van der Waals surface area (Å²) < 4.78 is 13.5. The second kappa shape index (κ2) is 9.61. The minimum atomic E-state index is -0.824. The lowest BCUT2D eigenvalue weighted by atomic mass is 10.2. The van der Waals surface area contributed by atoms with Gasteiger partial charge in [-0.25, -0.2) is 9.36 Å². The molecule has 0 spiro atoms. The van der Waals surface area contributed by atoms with Gasteiger partial charge in [0.2, 0.25) is 5.91 Å². The predicted octanol–water partition coefficient (Wildman–Crippen LogP) is 3.40. The van der Waals surface area contributed by atoms with Crippen molar-refractivity contribution in [3.63, 3.8) is 0 Å². The fraction of sp³-hybridized carbons (Fsp3) is 0.308. The molecule has 182 valence electrons. The molecule has 35 heavy (non-hydrogen) atoms. The molecule has 1 amide bonds. The highest BCUT2D eigenvalue weighted by atomic mass is 16.5. The number of hydrogen-bond donors (Lipinski definition) is 1. The van der Waals surface area contributed by atoms with E-state index < -0.39 is 11.6 Å². The number of carbonyl (C=O) groups is 1. The largest absolute Gasteiger partial charge is 0.493 e. The molecule has 0 fully saturated rings. The van der Waals surface area contributed by atoms with Crippen LogP contribution in [0.4, 0.5) is 0 Å². The van der Waals surface area contributed by atoms with Crippen molar-refractivity contribution in [1.29, 1.82) is 0 Å². The van der Waals surface area contributed by atoms with Crippen LogP contribution in [0.15, 0.2) is 47.3 Å². The topological polar surface area (TPSA) is 100 Å². The lowest BCUT2D eigenvalue weighted by Gasteiger charge is -2.15. The van der Waals surface area contributed by atoms with Crippen molar-refractivity contribution < 1.29 is 14.3 Å². The summed E-state index contributed by atoms with van der Waals surface area (Å²) in [7, 11) is 3.12. The molecule has 9 heteroatoms. The standard InChI is InChI=1S/C26H29N5O4/c1-15-7-10-20(11-8-15)30-17(3)23-16(2)28-31(26(33)24(23)29-30)18(4)25(32)27-14-19-9-12-21(34-5)22(13-19)35-6/h7-13,18H,14H2,1-6H3,(H,27,32)/t18-/m0/s1. The number of aryl methyl sites for hydroxylation is 3. The van der Waals surface area contributed by atoms with Crippen LogP contribution in [0.1, 0.15) is 35.5 Å². The first kappa shape index (κ1) is 24.0. The van der Waals surface area contributed by atoms with E-state index in [0.29, 0.717) is 22.6 Å². The molecular weight excluding hydrogens is 446 g/mol.